The minimum Gasteiger partial charge on any atom is -0.330 e. The van der Waals surface area contributed by atoms with Crippen LogP contribution in [0.15, 0.2) is 168 Å². The predicted molar refractivity (Wildman–Crippen MR) is 453 cm³/mol. The van der Waals surface area contributed by atoms with Crippen LogP contribution in [-0.2, 0) is 6.42 Å². The van der Waals surface area contributed by atoms with Gasteiger partial charge in [0.1, 0.15) is 33.4 Å². The number of aromatic nitrogens is 21. The van der Waals surface area contributed by atoms with E-state index in [0.29, 0.717) is 5.15 Å². The van der Waals surface area contributed by atoms with E-state index in [1.54, 1.807) is 32.1 Å². The Balaban J connectivity index is 0.000000555. The lowest BCUT2D eigenvalue weighted by Gasteiger charge is -1.98. The first-order valence-corrected chi connectivity index (χ1v) is 32.7. The second-order valence-corrected chi connectivity index (χ2v) is 23.7. The second kappa shape index (κ2) is 46.9. The van der Waals surface area contributed by atoms with E-state index in [1.165, 1.54) is 49.7 Å². The summed E-state index contributed by atoms with van der Waals surface area (Å²) in [6.07, 6.45) is 23.8. The van der Waals surface area contributed by atoms with Crippen molar-refractivity contribution in [1.82, 2.24) is 102 Å². The van der Waals surface area contributed by atoms with E-state index in [2.05, 4.69) is 147 Å². The van der Waals surface area contributed by atoms with Crippen LogP contribution >= 0.6 is 174 Å². The smallest absolute Gasteiger partial charge is 0.242 e. The van der Waals surface area contributed by atoms with Gasteiger partial charge in [0, 0.05) is 40.1 Å². The molecule has 0 saturated carbocycles. The number of hydrogen-bond acceptors (Lipinski definition) is 15. The average molecular weight is 2010 g/mol. The fourth-order valence-corrected chi connectivity index (χ4v) is 9.97. The summed E-state index contributed by atoms with van der Waals surface area (Å²) in [5.41, 5.74) is 18.1. The lowest BCUT2D eigenvalue weighted by atomic mass is 10.1. The van der Waals surface area contributed by atoms with Crippen molar-refractivity contribution in [3.05, 3.63) is 240 Å². The van der Waals surface area contributed by atoms with Gasteiger partial charge in [0.05, 0.1) is 70.3 Å². The third-order valence-electron chi connectivity index (χ3n) is 13.3. The van der Waals surface area contributed by atoms with Crippen LogP contribution in [0.2, 0.25) is 21.0 Å². The summed E-state index contributed by atoms with van der Waals surface area (Å²) in [5, 5.41) is 29.7. The summed E-state index contributed by atoms with van der Waals surface area (Å²) in [7, 11) is 0. The van der Waals surface area contributed by atoms with Crippen LogP contribution in [0.25, 0.3) is 38.6 Å². The van der Waals surface area contributed by atoms with E-state index in [4.69, 9.17) is 52.1 Å². The third-order valence-corrected chi connectivity index (χ3v) is 15.4. The van der Waals surface area contributed by atoms with Gasteiger partial charge in [-0.3, -0.25) is 0 Å². The third kappa shape index (κ3) is 28.4. The van der Waals surface area contributed by atoms with Crippen molar-refractivity contribution in [2.75, 3.05) is 6.54 Å². The van der Waals surface area contributed by atoms with Crippen molar-refractivity contribution < 1.29 is 0 Å². The van der Waals surface area contributed by atoms with Crippen LogP contribution in [0.3, 0.4) is 0 Å². The summed E-state index contributed by atoms with van der Waals surface area (Å²) in [6.45, 7) is 20.9. The molecule has 0 aliphatic heterocycles. The largest absolute Gasteiger partial charge is 0.330 e. The number of unbranched alkanes of at least 4 members (excludes halogenated alkanes) is 3. The zero-order valence-corrected chi connectivity index (χ0v) is 70.3. The van der Waals surface area contributed by atoms with Crippen LogP contribution in [-0.4, -0.2) is 109 Å². The Hall–Kier alpha value is -5.44. The van der Waals surface area contributed by atoms with E-state index in [1.807, 2.05) is 183 Å². The molecule has 32 heteroatoms. The molecule has 0 aliphatic carbocycles. The molecule has 0 amide bonds. The minimum absolute atomic E-state index is 0. The Morgan fingerprint density at radius 2 is 0.828 bits per heavy atom. The maximum Gasteiger partial charge on any atom is 0.242 e. The normalized spacial score (nSPS) is 9.87. The van der Waals surface area contributed by atoms with Gasteiger partial charge < -0.3 is 5.73 Å². The van der Waals surface area contributed by atoms with E-state index < -0.39 is 0 Å². The molecule has 0 spiro atoms. The molecule has 1 aromatic carbocycles. The first kappa shape index (κ1) is 91.6. The van der Waals surface area contributed by atoms with Gasteiger partial charge in [0.2, 0.25) is 15.9 Å². The molecule has 0 unspecified atom stereocenters. The monoisotopic (exact) mass is 2000 g/mol. The molecule has 0 fully saturated rings. The van der Waals surface area contributed by atoms with Gasteiger partial charge in [-0.2, -0.15) is 20.4 Å². The Bertz CT molecular complexity index is 4390. The van der Waals surface area contributed by atoms with Gasteiger partial charge in [0.15, 0.2) is 5.15 Å². The van der Waals surface area contributed by atoms with Crippen LogP contribution in [0, 0.1) is 55.4 Å². The number of rotatable bonds is 6. The van der Waals surface area contributed by atoms with E-state index in [0.717, 1.165) is 94.6 Å². The average Bonchev–Trinajstić information content (AvgIpc) is 1.61. The highest BCUT2D eigenvalue weighted by molar-refractivity contribution is 14.0. The number of halogens is 10. The fraction of sp³-hybridized carbons (Fsp3) is 0.284. The van der Waals surface area contributed by atoms with Crippen molar-refractivity contribution in [1.29, 1.82) is 0 Å². The van der Waals surface area contributed by atoms with Crippen LogP contribution in [0.5, 0.6) is 0 Å². The van der Waals surface area contributed by atoms with Crippen molar-refractivity contribution in [2.45, 2.75) is 123 Å². The zero-order valence-electron chi connectivity index (χ0n) is 54.8. The lowest BCUT2D eigenvalue weighted by Crippen LogP contribution is -1.97. The molecular weight excluding hydrogens is 1920 g/mol. The van der Waals surface area contributed by atoms with Crippen molar-refractivity contribution >= 4 is 213 Å². The van der Waals surface area contributed by atoms with Gasteiger partial charge >= 0.3 is 0 Å². The molecule has 99 heavy (non-hydrogen) atoms. The second-order valence-electron chi connectivity index (χ2n) is 20.6. The van der Waals surface area contributed by atoms with E-state index in [9.17, 15) is 0 Å². The Labute approximate surface area is 682 Å². The summed E-state index contributed by atoms with van der Waals surface area (Å²) < 4.78 is 14.3. The Morgan fingerprint density at radius 1 is 0.394 bits per heavy atom. The number of nitrogens with two attached hydrogens (primary N) is 1. The van der Waals surface area contributed by atoms with Gasteiger partial charge in [-0.15, -0.1) is 111 Å². The standard InChI is InChI=1S/C11H16.4C8H9N3.2C6H3BrClN3.C6H3Cl2N3.C4H11N.2CH4.4HI/c1-2-3-5-8-11-9-6-4-7-10-11;1-6-3-4-11-8(6)5-9-7(2)10-11;3*1-6-3-4-8-5-9-7(2)10-11(6)8;7-4-1-2-11-5(4)3-9-6(8)10-11;7-5-2-1-4-3-9-6(8)10-11(4)5;7-5-4-2-1-3-11(4)10-6(8)9-5;1-2-3-4-5;;;;;;/h4,6-7,9-10H,2-3,5,8H2,1H3;4*3-5H,1-2H3;3*1-3H;2-5H2,1H3;2*1H4;4*1H. The quantitative estimate of drug-likeness (QED) is 0.120. The molecule has 2 N–H and O–H groups in total. The highest BCUT2D eigenvalue weighted by atomic mass is 127. The maximum absolute atomic E-state index is 5.75. The first-order chi connectivity index (χ1) is 44.7. The Morgan fingerprint density at radius 3 is 1.35 bits per heavy atom. The molecule has 0 radical (unpaired) electrons. The van der Waals surface area contributed by atoms with Gasteiger partial charge in [-0.25, -0.2) is 66.5 Å². The molecule has 15 aromatic rings. The topological polar surface area (TPSA) is 237 Å². The molecule has 14 heterocycles. The molecule has 0 saturated heterocycles. The summed E-state index contributed by atoms with van der Waals surface area (Å²) in [5.74, 6) is 3.21. The highest BCUT2D eigenvalue weighted by Gasteiger charge is 2.05. The molecule has 0 atom stereocenters. The van der Waals surface area contributed by atoms with Gasteiger partial charge in [-0.1, -0.05) is 89.9 Å². The molecule has 14 aromatic heterocycles. The summed E-state index contributed by atoms with van der Waals surface area (Å²) in [4.78, 5) is 27.8. The predicted octanol–water partition coefficient (Wildman–Crippen LogP) is 19.6. The number of aryl methyl sites for hydroxylation is 9. The van der Waals surface area contributed by atoms with Crippen LogP contribution in [0.4, 0.5) is 0 Å². The van der Waals surface area contributed by atoms with Gasteiger partial charge in [-0.05, 0) is 232 Å². The number of fused-ring (bicyclic) bond motifs is 7. The van der Waals surface area contributed by atoms with Crippen LogP contribution in [0.1, 0.15) is 112 Å². The molecular formula is C67H84Br2Cl4I4N22. The SMILES string of the molecule is C.C.CCCCCc1ccccc1.CCCCN.Cc1ncc2c(C)ccn2n1.Cc1ncc2ccc(C)n2n1.Cc1ncc2ccc(C)n2n1.Cc1ncc2ccc(C)n2n1.Clc1nc(Cl)c2cccn2n1.Clc1ncc2c(Br)ccn2n1.Clc1ncc2ccc(Br)n2n1.I.I.I.I. The molecule has 22 nitrogen and oxygen atoms in total. The van der Waals surface area contributed by atoms with E-state index >= 15 is 0 Å². The molecule has 15 rings (SSSR count). The highest BCUT2D eigenvalue weighted by Crippen LogP contribution is 2.19. The van der Waals surface area contributed by atoms with Crippen molar-refractivity contribution in [3.8, 4) is 0 Å². The number of benzene rings is 1. The maximum atomic E-state index is 5.75. The lowest BCUT2D eigenvalue weighted by molar-refractivity contribution is 0.717. The van der Waals surface area contributed by atoms with E-state index in [-0.39, 0.29) is 127 Å². The summed E-state index contributed by atoms with van der Waals surface area (Å²) >= 11 is 29.1. The van der Waals surface area contributed by atoms with Gasteiger partial charge in [0.25, 0.3) is 0 Å². The number of hydrogen-bond donors (Lipinski definition) is 1. The minimum atomic E-state index is 0. The Kier molecular flexibility index (Phi) is 43.4. The molecule has 0 aliphatic rings. The van der Waals surface area contributed by atoms with Crippen LogP contribution < -0.4 is 5.73 Å². The van der Waals surface area contributed by atoms with Crippen molar-refractivity contribution in [3.63, 3.8) is 0 Å². The number of nitrogens with zero attached hydrogens (tertiary/aromatic N) is 21. The van der Waals surface area contributed by atoms with Crippen molar-refractivity contribution in [2.24, 2.45) is 5.73 Å². The molecule has 532 valence electrons. The fourth-order valence-electron chi connectivity index (χ4n) is 8.46. The molecule has 0 bridgehead atoms. The first-order valence-electron chi connectivity index (χ1n) is 29.6. The summed E-state index contributed by atoms with van der Waals surface area (Å²) in [6, 6.07) is 34.2. The zero-order chi connectivity index (χ0) is 67.0.